The van der Waals surface area contributed by atoms with Crippen molar-refractivity contribution in [1.82, 2.24) is 9.97 Å². The number of H-pyrrole nitrogens is 1. The Labute approximate surface area is 126 Å². The van der Waals surface area contributed by atoms with Crippen molar-refractivity contribution in [2.24, 2.45) is 0 Å². The van der Waals surface area contributed by atoms with Crippen LogP contribution in [0.4, 0.5) is 4.39 Å². The van der Waals surface area contributed by atoms with Crippen LogP contribution >= 0.6 is 27.5 Å². The Kier molecular flexibility index (Phi) is 3.31. The van der Waals surface area contributed by atoms with E-state index in [2.05, 4.69) is 25.9 Å². The zero-order chi connectivity index (χ0) is 14.3. The number of aromatic amines is 1. The summed E-state index contributed by atoms with van der Waals surface area (Å²) in [5, 5.41) is 0.415. The van der Waals surface area contributed by atoms with E-state index < -0.39 is 5.82 Å². The Hall–Kier alpha value is -1.72. The molecule has 0 fully saturated rings. The molecule has 2 aromatic carbocycles. The van der Waals surface area contributed by atoms with E-state index in [4.69, 9.17) is 11.6 Å². The number of para-hydroxylation sites is 1. The third kappa shape index (κ3) is 2.13. The van der Waals surface area contributed by atoms with Crippen LogP contribution in [-0.4, -0.2) is 9.97 Å². The highest BCUT2D eigenvalue weighted by Crippen LogP contribution is 2.31. The van der Waals surface area contributed by atoms with Crippen molar-refractivity contribution in [2.75, 3.05) is 0 Å². The Morgan fingerprint density at radius 2 is 1.95 bits per heavy atom. The third-order valence-electron chi connectivity index (χ3n) is 2.90. The van der Waals surface area contributed by atoms with Gasteiger partial charge in [-0.15, -0.1) is 0 Å². The largest absolute Gasteiger partial charge is 0.306 e. The van der Waals surface area contributed by atoms with Crippen LogP contribution in [0.3, 0.4) is 0 Å². The van der Waals surface area contributed by atoms with Crippen molar-refractivity contribution in [3.05, 3.63) is 62.1 Å². The highest BCUT2D eigenvalue weighted by molar-refractivity contribution is 9.10. The lowest BCUT2D eigenvalue weighted by Crippen LogP contribution is -2.10. The fraction of sp³-hybridized carbons (Fsp3) is 0. The number of hydrogen-bond donors (Lipinski definition) is 1. The summed E-state index contributed by atoms with van der Waals surface area (Å²) in [6.07, 6.45) is 0. The molecular formula is C14H7BrClFN2O. The molecule has 0 radical (unpaired) electrons. The lowest BCUT2D eigenvalue weighted by atomic mass is 10.2. The summed E-state index contributed by atoms with van der Waals surface area (Å²) in [5.41, 5.74) is 0.342. The van der Waals surface area contributed by atoms with Gasteiger partial charge in [-0.25, -0.2) is 9.37 Å². The van der Waals surface area contributed by atoms with E-state index in [-0.39, 0.29) is 22.0 Å². The van der Waals surface area contributed by atoms with Gasteiger partial charge >= 0.3 is 0 Å². The number of fused-ring (bicyclic) bond motifs is 1. The third-order valence-corrected chi connectivity index (χ3v) is 4.16. The second-order valence-corrected chi connectivity index (χ2v) is 5.39. The minimum atomic E-state index is -0.625. The number of halogens is 3. The second kappa shape index (κ2) is 5.00. The van der Waals surface area contributed by atoms with Crippen LogP contribution in [0.15, 0.2) is 45.7 Å². The molecule has 3 aromatic rings. The fourth-order valence-corrected chi connectivity index (χ4v) is 2.39. The van der Waals surface area contributed by atoms with Gasteiger partial charge in [0, 0.05) is 4.47 Å². The molecule has 1 N–H and O–H groups in total. The number of aromatic nitrogens is 2. The number of nitrogens with zero attached hydrogens (tertiary/aromatic N) is 1. The Morgan fingerprint density at radius 1 is 1.20 bits per heavy atom. The van der Waals surface area contributed by atoms with Crippen molar-refractivity contribution >= 4 is 38.4 Å². The average molecular weight is 354 g/mol. The van der Waals surface area contributed by atoms with E-state index in [1.54, 1.807) is 30.3 Å². The molecule has 3 rings (SSSR count). The molecule has 100 valence electrons. The first-order valence-electron chi connectivity index (χ1n) is 5.71. The molecule has 0 spiro atoms. The summed E-state index contributed by atoms with van der Waals surface area (Å²) in [7, 11) is 0. The standard InChI is InChI=1S/C14H7BrClFN2O/c15-9-6-5-8(12(17)11(9)16)13-18-10-4-2-1-3-7(10)14(20)19-13/h1-6H,(H,18,19,20). The number of nitrogens with one attached hydrogen (secondary N) is 1. The molecule has 0 amide bonds. The smallest absolute Gasteiger partial charge is 0.259 e. The number of hydrogen-bond acceptors (Lipinski definition) is 2. The molecule has 6 heteroatoms. The number of benzene rings is 2. The first-order valence-corrected chi connectivity index (χ1v) is 6.88. The lowest BCUT2D eigenvalue weighted by molar-refractivity contribution is 0.629. The van der Waals surface area contributed by atoms with Crippen LogP contribution in [-0.2, 0) is 0 Å². The molecule has 20 heavy (non-hydrogen) atoms. The van der Waals surface area contributed by atoms with Crippen molar-refractivity contribution in [2.45, 2.75) is 0 Å². The fourth-order valence-electron chi connectivity index (χ4n) is 1.92. The van der Waals surface area contributed by atoms with Crippen LogP contribution in [0.25, 0.3) is 22.3 Å². The Morgan fingerprint density at radius 3 is 2.75 bits per heavy atom. The van der Waals surface area contributed by atoms with Crippen LogP contribution in [0, 0.1) is 5.82 Å². The maximum absolute atomic E-state index is 14.2. The van der Waals surface area contributed by atoms with Gasteiger partial charge in [-0.1, -0.05) is 23.7 Å². The molecule has 0 aliphatic heterocycles. The van der Waals surface area contributed by atoms with Gasteiger partial charge in [-0.2, -0.15) is 0 Å². The highest BCUT2D eigenvalue weighted by atomic mass is 79.9. The molecule has 1 heterocycles. The first-order chi connectivity index (χ1) is 9.58. The van der Waals surface area contributed by atoms with Crippen molar-refractivity contribution < 1.29 is 4.39 Å². The van der Waals surface area contributed by atoms with Crippen molar-refractivity contribution in [3.8, 4) is 11.4 Å². The molecule has 0 unspecified atom stereocenters. The Bertz CT molecular complexity index is 879. The molecule has 0 saturated heterocycles. The van der Waals surface area contributed by atoms with Gasteiger partial charge in [0.1, 0.15) is 5.82 Å². The van der Waals surface area contributed by atoms with E-state index in [9.17, 15) is 9.18 Å². The van der Waals surface area contributed by atoms with Gasteiger partial charge in [0.25, 0.3) is 5.56 Å². The molecule has 1 aromatic heterocycles. The molecule has 3 nitrogen and oxygen atoms in total. The SMILES string of the molecule is O=c1[nH]c(-c2ccc(Br)c(Cl)c2F)nc2ccccc12. The van der Waals surface area contributed by atoms with Gasteiger partial charge in [0.05, 0.1) is 21.5 Å². The van der Waals surface area contributed by atoms with Crippen LogP contribution in [0.5, 0.6) is 0 Å². The van der Waals surface area contributed by atoms with Gasteiger partial charge in [-0.05, 0) is 40.2 Å². The molecule has 0 bridgehead atoms. The number of rotatable bonds is 1. The van der Waals surface area contributed by atoms with Gasteiger partial charge in [0.15, 0.2) is 5.82 Å². The maximum Gasteiger partial charge on any atom is 0.259 e. The molecule has 0 aliphatic rings. The van der Waals surface area contributed by atoms with E-state index in [0.29, 0.717) is 15.4 Å². The predicted octanol–water partition coefficient (Wildman–Crippen LogP) is 4.15. The first kappa shape index (κ1) is 13.3. The summed E-state index contributed by atoms with van der Waals surface area (Å²) in [6.45, 7) is 0. The van der Waals surface area contributed by atoms with Crippen LogP contribution < -0.4 is 5.56 Å². The zero-order valence-corrected chi connectivity index (χ0v) is 12.3. The topological polar surface area (TPSA) is 45.8 Å². The van der Waals surface area contributed by atoms with Gasteiger partial charge < -0.3 is 4.98 Å². The monoisotopic (exact) mass is 352 g/mol. The minimum absolute atomic E-state index is 0.0432. The summed E-state index contributed by atoms with van der Waals surface area (Å²) in [5.74, 6) is -0.472. The molecule has 0 saturated carbocycles. The normalized spacial score (nSPS) is 10.9. The van der Waals surface area contributed by atoms with E-state index in [0.717, 1.165) is 0 Å². The van der Waals surface area contributed by atoms with E-state index >= 15 is 0 Å². The second-order valence-electron chi connectivity index (χ2n) is 4.15. The lowest BCUT2D eigenvalue weighted by Gasteiger charge is -2.06. The molecular weight excluding hydrogens is 347 g/mol. The van der Waals surface area contributed by atoms with E-state index in [1.807, 2.05) is 0 Å². The van der Waals surface area contributed by atoms with Crippen molar-refractivity contribution in [3.63, 3.8) is 0 Å². The summed E-state index contributed by atoms with van der Waals surface area (Å²) in [4.78, 5) is 18.8. The summed E-state index contributed by atoms with van der Waals surface area (Å²) < 4.78 is 14.6. The van der Waals surface area contributed by atoms with Crippen LogP contribution in [0.1, 0.15) is 0 Å². The van der Waals surface area contributed by atoms with Crippen molar-refractivity contribution in [1.29, 1.82) is 0 Å². The molecule has 0 aliphatic carbocycles. The van der Waals surface area contributed by atoms with E-state index in [1.165, 1.54) is 6.07 Å². The molecule has 0 atom stereocenters. The predicted molar refractivity (Wildman–Crippen MR) is 80.5 cm³/mol. The summed E-state index contributed by atoms with van der Waals surface area (Å²) in [6, 6.07) is 10.00. The zero-order valence-electron chi connectivity index (χ0n) is 9.95. The van der Waals surface area contributed by atoms with Crippen LogP contribution in [0.2, 0.25) is 5.02 Å². The maximum atomic E-state index is 14.2. The minimum Gasteiger partial charge on any atom is -0.306 e. The quantitative estimate of drug-likeness (QED) is 0.668. The average Bonchev–Trinajstić information content (AvgIpc) is 2.45. The summed E-state index contributed by atoms with van der Waals surface area (Å²) >= 11 is 8.99. The highest BCUT2D eigenvalue weighted by Gasteiger charge is 2.14. The Balaban J connectivity index is 2.31. The van der Waals surface area contributed by atoms with Gasteiger partial charge in [0.2, 0.25) is 0 Å². The van der Waals surface area contributed by atoms with Gasteiger partial charge in [-0.3, -0.25) is 4.79 Å².